The molecule has 3 aromatic rings. The molecule has 0 saturated heterocycles. The Kier molecular flexibility index (Phi) is 6.23. The molecular weight excluding hydrogens is 336 g/mol. The van der Waals surface area contributed by atoms with Crippen LogP contribution in [0.2, 0.25) is 0 Å². The van der Waals surface area contributed by atoms with Crippen molar-refractivity contribution in [3.63, 3.8) is 0 Å². The van der Waals surface area contributed by atoms with Crippen LogP contribution in [0.3, 0.4) is 0 Å². The van der Waals surface area contributed by atoms with Crippen LogP contribution >= 0.6 is 0 Å². The van der Waals surface area contributed by atoms with Gasteiger partial charge in [-0.25, -0.2) is 4.79 Å². The van der Waals surface area contributed by atoms with Crippen molar-refractivity contribution in [1.29, 1.82) is 0 Å². The third-order valence-corrected chi connectivity index (χ3v) is 4.42. The van der Waals surface area contributed by atoms with Gasteiger partial charge in [-0.15, -0.1) is 0 Å². The molecular formula is C23H24N2O2. The van der Waals surface area contributed by atoms with Gasteiger partial charge in [-0.3, -0.25) is 0 Å². The largest absolute Gasteiger partial charge is 0.466 e. The minimum Gasteiger partial charge on any atom is -0.466 e. The maximum Gasteiger partial charge on any atom is 0.330 e. The van der Waals surface area contributed by atoms with Gasteiger partial charge in [0.1, 0.15) is 0 Å². The van der Waals surface area contributed by atoms with Crippen molar-refractivity contribution in [3.05, 3.63) is 90.1 Å². The fourth-order valence-corrected chi connectivity index (χ4v) is 3.10. The predicted molar refractivity (Wildman–Crippen MR) is 110 cm³/mol. The molecule has 0 fully saturated rings. The van der Waals surface area contributed by atoms with Crippen LogP contribution in [0.4, 0.5) is 0 Å². The van der Waals surface area contributed by atoms with E-state index in [0.29, 0.717) is 6.42 Å². The average molecular weight is 360 g/mol. The Bertz CT molecular complexity index is 955. The minimum atomic E-state index is -0.390. The zero-order chi connectivity index (χ0) is 19.1. The zero-order valence-corrected chi connectivity index (χ0v) is 15.4. The molecule has 0 spiro atoms. The highest BCUT2D eigenvalue weighted by Gasteiger charge is 2.10. The Labute approximate surface area is 159 Å². The first-order chi connectivity index (χ1) is 13.2. The summed E-state index contributed by atoms with van der Waals surface area (Å²) in [6, 6.07) is 18.3. The van der Waals surface area contributed by atoms with Crippen molar-refractivity contribution in [2.75, 3.05) is 7.11 Å². The van der Waals surface area contributed by atoms with Gasteiger partial charge in [0.2, 0.25) is 0 Å². The number of esters is 1. The Hall–Kier alpha value is -3.11. The molecule has 1 unspecified atom stereocenters. The fourth-order valence-electron chi connectivity index (χ4n) is 3.10. The van der Waals surface area contributed by atoms with Crippen molar-refractivity contribution in [2.45, 2.75) is 19.0 Å². The van der Waals surface area contributed by atoms with Crippen LogP contribution in [0, 0.1) is 0 Å². The number of hydrogen-bond donors (Lipinski definition) is 1. The first-order valence-corrected chi connectivity index (χ1v) is 8.97. The number of allylic oxidation sites excluding steroid dienone is 1. The van der Waals surface area contributed by atoms with E-state index in [1.165, 1.54) is 35.2 Å². The van der Waals surface area contributed by atoms with Crippen LogP contribution in [0.25, 0.3) is 17.0 Å². The van der Waals surface area contributed by atoms with Crippen molar-refractivity contribution in [1.82, 2.24) is 4.57 Å². The SMILES string of the molecule is COC(=O)/C=C/C(N)Cc1cn(C/C=C/c2ccccc2)c2ccccc12. The Balaban J connectivity index is 1.78. The number of benzene rings is 2. The summed E-state index contributed by atoms with van der Waals surface area (Å²) in [6.45, 7) is 0.780. The van der Waals surface area contributed by atoms with Gasteiger partial charge in [-0.05, 0) is 23.6 Å². The van der Waals surface area contributed by atoms with Gasteiger partial charge in [-0.2, -0.15) is 0 Å². The molecule has 0 saturated carbocycles. The number of ether oxygens (including phenoxy) is 1. The van der Waals surface area contributed by atoms with Gasteiger partial charge in [0.05, 0.1) is 7.11 Å². The highest BCUT2D eigenvalue weighted by atomic mass is 16.5. The standard InChI is InChI=1S/C23H24N2O2/c1-27-23(26)14-13-20(24)16-19-17-25(22-12-6-5-11-21(19)22)15-7-10-18-8-3-2-4-9-18/h2-14,17,20H,15-16,24H2,1H3/b10-7+,14-13+. The lowest BCUT2D eigenvalue weighted by atomic mass is 10.1. The Morgan fingerprint density at radius 2 is 1.89 bits per heavy atom. The molecule has 1 aromatic heterocycles. The summed E-state index contributed by atoms with van der Waals surface area (Å²) in [6.07, 6.45) is 10.1. The highest BCUT2D eigenvalue weighted by Crippen LogP contribution is 2.23. The maximum absolute atomic E-state index is 11.2. The first-order valence-electron chi connectivity index (χ1n) is 8.97. The van der Waals surface area contributed by atoms with E-state index in [9.17, 15) is 4.79 Å². The van der Waals surface area contributed by atoms with Gasteiger partial charge < -0.3 is 15.0 Å². The van der Waals surface area contributed by atoms with Gasteiger partial charge >= 0.3 is 5.97 Å². The summed E-state index contributed by atoms with van der Waals surface area (Å²) < 4.78 is 6.84. The fraction of sp³-hybridized carbons (Fsp3) is 0.174. The number of carbonyl (C=O) groups is 1. The molecule has 2 aromatic carbocycles. The van der Waals surface area contributed by atoms with E-state index in [2.05, 4.69) is 51.9 Å². The minimum absolute atomic E-state index is 0.247. The molecule has 4 heteroatoms. The second kappa shape index (κ2) is 9.01. The number of hydrogen-bond acceptors (Lipinski definition) is 3. The third kappa shape index (κ3) is 4.96. The lowest BCUT2D eigenvalue weighted by Crippen LogP contribution is -2.20. The second-order valence-electron chi connectivity index (χ2n) is 6.39. The Morgan fingerprint density at radius 1 is 1.15 bits per heavy atom. The van der Waals surface area contributed by atoms with Crippen LogP contribution < -0.4 is 5.73 Å². The topological polar surface area (TPSA) is 57.2 Å². The molecule has 1 heterocycles. The van der Waals surface area contributed by atoms with Crippen molar-refractivity contribution < 1.29 is 9.53 Å². The van der Waals surface area contributed by atoms with Crippen molar-refractivity contribution in [2.24, 2.45) is 5.73 Å². The quantitative estimate of drug-likeness (QED) is 0.513. The first kappa shape index (κ1) is 18.7. The number of aromatic nitrogens is 1. The number of para-hydroxylation sites is 1. The van der Waals surface area contributed by atoms with E-state index in [4.69, 9.17) is 5.73 Å². The van der Waals surface area contributed by atoms with E-state index >= 15 is 0 Å². The van der Waals surface area contributed by atoms with E-state index in [1.807, 2.05) is 30.3 Å². The molecule has 138 valence electrons. The number of nitrogens with two attached hydrogens (primary N) is 1. The average Bonchev–Trinajstić information content (AvgIpc) is 3.04. The molecule has 2 N–H and O–H groups in total. The number of methoxy groups -OCH3 is 1. The van der Waals surface area contributed by atoms with Crippen molar-refractivity contribution in [3.8, 4) is 0 Å². The van der Waals surface area contributed by atoms with E-state index in [-0.39, 0.29) is 12.0 Å². The summed E-state index contributed by atoms with van der Waals surface area (Å²) in [5.41, 5.74) is 9.69. The number of carbonyl (C=O) groups excluding carboxylic acids is 1. The molecule has 0 amide bonds. The summed E-state index contributed by atoms with van der Waals surface area (Å²) in [5, 5.41) is 1.19. The summed E-state index contributed by atoms with van der Waals surface area (Å²) in [5.74, 6) is -0.390. The van der Waals surface area contributed by atoms with Gasteiger partial charge in [0.25, 0.3) is 0 Å². The third-order valence-electron chi connectivity index (χ3n) is 4.42. The van der Waals surface area contributed by atoms with E-state index in [1.54, 1.807) is 6.08 Å². The predicted octanol–water partition coefficient (Wildman–Crippen LogP) is 3.95. The number of rotatable bonds is 7. The van der Waals surface area contributed by atoms with Crippen LogP contribution in [0.15, 0.2) is 79.0 Å². The van der Waals surface area contributed by atoms with E-state index < -0.39 is 0 Å². The number of fused-ring (bicyclic) bond motifs is 1. The van der Waals surface area contributed by atoms with Crippen LogP contribution in [-0.4, -0.2) is 23.7 Å². The van der Waals surface area contributed by atoms with Crippen LogP contribution in [-0.2, 0) is 22.5 Å². The van der Waals surface area contributed by atoms with E-state index in [0.717, 1.165) is 6.54 Å². The molecule has 0 radical (unpaired) electrons. The van der Waals surface area contributed by atoms with Gasteiger partial charge in [0, 0.05) is 35.8 Å². The smallest absolute Gasteiger partial charge is 0.330 e. The molecule has 1 atom stereocenters. The lowest BCUT2D eigenvalue weighted by Gasteiger charge is -2.05. The van der Waals surface area contributed by atoms with Gasteiger partial charge in [-0.1, -0.05) is 66.8 Å². The zero-order valence-electron chi connectivity index (χ0n) is 15.4. The second-order valence-corrected chi connectivity index (χ2v) is 6.39. The number of nitrogens with zero attached hydrogens (tertiary/aromatic N) is 1. The normalized spacial score (nSPS) is 12.8. The maximum atomic E-state index is 11.2. The lowest BCUT2D eigenvalue weighted by molar-refractivity contribution is -0.134. The molecule has 0 aliphatic carbocycles. The molecule has 4 nitrogen and oxygen atoms in total. The summed E-state index contributed by atoms with van der Waals surface area (Å²) in [4.78, 5) is 11.2. The summed E-state index contributed by atoms with van der Waals surface area (Å²) in [7, 11) is 1.36. The monoisotopic (exact) mass is 360 g/mol. The Morgan fingerprint density at radius 3 is 2.67 bits per heavy atom. The highest BCUT2D eigenvalue weighted by molar-refractivity contribution is 5.84. The van der Waals surface area contributed by atoms with Crippen molar-refractivity contribution >= 4 is 22.9 Å². The van der Waals surface area contributed by atoms with Crippen LogP contribution in [0.5, 0.6) is 0 Å². The molecule has 27 heavy (non-hydrogen) atoms. The van der Waals surface area contributed by atoms with Gasteiger partial charge in [0.15, 0.2) is 0 Å². The molecule has 0 aliphatic rings. The summed E-state index contributed by atoms with van der Waals surface area (Å²) >= 11 is 0. The molecule has 3 rings (SSSR count). The molecule has 0 bridgehead atoms. The molecule has 0 aliphatic heterocycles. The van der Waals surface area contributed by atoms with Crippen LogP contribution in [0.1, 0.15) is 11.1 Å².